The molecule has 3 fully saturated rings. The average molecular weight is 495 g/mol. The first-order valence-electron chi connectivity index (χ1n) is 13.1. The van der Waals surface area contributed by atoms with Gasteiger partial charge in [-0.15, -0.1) is 6.58 Å². The van der Waals surface area contributed by atoms with Crippen molar-refractivity contribution in [2.45, 2.75) is 78.6 Å². The van der Waals surface area contributed by atoms with Gasteiger partial charge in [-0.2, -0.15) is 0 Å². The molecule has 4 aliphatic rings. The molecule has 3 N–H and O–H groups in total. The first-order chi connectivity index (χ1) is 16.9. The lowest BCUT2D eigenvalue weighted by Crippen LogP contribution is -2.63. The van der Waals surface area contributed by atoms with E-state index in [0.717, 1.165) is 24.2 Å². The van der Waals surface area contributed by atoms with Crippen LogP contribution in [0.4, 0.5) is 10.5 Å². The summed E-state index contributed by atoms with van der Waals surface area (Å²) in [6, 6.07) is 5.08. The smallest absolute Gasteiger partial charge is 0.417 e. The Morgan fingerprint density at radius 2 is 1.97 bits per heavy atom. The van der Waals surface area contributed by atoms with Crippen LogP contribution in [-0.4, -0.2) is 40.0 Å². The van der Waals surface area contributed by atoms with Crippen molar-refractivity contribution >= 4 is 23.5 Å². The number of hydrogen-bond donors (Lipinski definition) is 2. The van der Waals surface area contributed by atoms with Crippen molar-refractivity contribution in [1.82, 2.24) is 4.90 Å². The first kappa shape index (κ1) is 25.0. The van der Waals surface area contributed by atoms with Crippen LogP contribution >= 0.6 is 0 Å². The van der Waals surface area contributed by atoms with Crippen LogP contribution in [0.5, 0.6) is 0 Å². The molecular weight excluding hydrogens is 456 g/mol. The molecule has 0 unspecified atom stereocenters. The topological polar surface area (TPSA) is 110 Å². The van der Waals surface area contributed by atoms with Crippen molar-refractivity contribution < 1.29 is 24.2 Å². The molecule has 1 heterocycles. The number of nitrogens with two attached hydrogens (primary N) is 1. The van der Waals surface area contributed by atoms with Crippen LogP contribution in [0, 0.1) is 34.0 Å². The maximum absolute atomic E-state index is 13.6. The molecule has 1 aromatic carbocycles. The minimum absolute atomic E-state index is 0.0589. The van der Waals surface area contributed by atoms with Crippen LogP contribution in [0.3, 0.4) is 0 Å². The Labute approximate surface area is 213 Å². The lowest BCUT2D eigenvalue weighted by atomic mass is 9.44. The fourth-order valence-corrected chi connectivity index (χ4v) is 8.19. The zero-order valence-electron chi connectivity index (χ0n) is 21.8. The number of ether oxygens (including phenoxy) is 1. The predicted molar refractivity (Wildman–Crippen MR) is 136 cm³/mol. The molecular formula is C29H38N2O5. The van der Waals surface area contributed by atoms with E-state index in [2.05, 4.69) is 27.4 Å². The van der Waals surface area contributed by atoms with Gasteiger partial charge in [-0.25, -0.2) is 9.69 Å². The molecule has 0 saturated heterocycles. The van der Waals surface area contributed by atoms with E-state index in [4.69, 9.17) is 10.5 Å². The number of carbonyl (C=O) groups excluding carboxylic acids is 3. The molecule has 0 spiro atoms. The van der Waals surface area contributed by atoms with Crippen LogP contribution in [0.2, 0.25) is 0 Å². The van der Waals surface area contributed by atoms with Crippen molar-refractivity contribution in [1.29, 1.82) is 0 Å². The quantitative estimate of drug-likeness (QED) is 0.455. The van der Waals surface area contributed by atoms with E-state index in [1.165, 1.54) is 0 Å². The van der Waals surface area contributed by atoms with Crippen LogP contribution in [0.25, 0.3) is 0 Å². The van der Waals surface area contributed by atoms with E-state index >= 15 is 0 Å². The number of fused-ring (bicyclic) bond motifs is 1. The number of hydrogen-bond acceptors (Lipinski definition) is 6. The van der Waals surface area contributed by atoms with Gasteiger partial charge < -0.3 is 15.6 Å². The van der Waals surface area contributed by atoms with Gasteiger partial charge in [0.2, 0.25) is 0 Å². The Hall–Kier alpha value is -2.67. The number of benzene rings is 1. The molecule has 1 aromatic rings. The van der Waals surface area contributed by atoms with Crippen molar-refractivity contribution in [3.05, 3.63) is 42.0 Å². The molecule has 0 radical (unpaired) electrons. The largest absolute Gasteiger partial charge is 0.445 e. The number of nitrogen functional groups attached to an aromatic ring is 1. The molecule has 7 heteroatoms. The molecule has 2 bridgehead atoms. The van der Waals surface area contributed by atoms with E-state index in [1.54, 1.807) is 24.3 Å². The number of Topliss-reactive ketones (excluding diaryl/α,β-unsaturated/α-hetero) is 1. The summed E-state index contributed by atoms with van der Waals surface area (Å²) in [7, 11) is 0. The second-order valence-electron chi connectivity index (χ2n) is 12.2. The van der Waals surface area contributed by atoms with E-state index in [1.807, 2.05) is 6.92 Å². The van der Waals surface area contributed by atoms with Gasteiger partial charge in [0.05, 0.1) is 12.6 Å². The Bertz CT molecular complexity index is 1150. The second kappa shape index (κ2) is 8.17. The molecule has 1 aliphatic heterocycles. The highest BCUT2D eigenvalue weighted by Crippen LogP contribution is 2.68. The van der Waals surface area contributed by atoms with Gasteiger partial charge in [-0.05, 0) is 55.1 Å². The molecule has 0 aromatic heterocycles. The molecule has 36 heavy (non-hydrogen) atoms. The van der Waals surface area contributed by atoms with E-state index < -0.39 is 35.0 Å². The lowest BCUT2D eigenvalue weighted by Gasteiger charge is -2.61. The first-order valence-corrected chi connectivity index (χ1v) is 13.1. The highest BCUT2D eigenvalue weighted by molar-refractivity contribution is 6.07. The van der Waals surface area contributed by atoms with Gasteiger partial charge in [0.15, 0.2) is 0 Å². The van der Waals surface area contributed by atoms with Crippen LogP contribution in [0.15, 0.2) is 30.9 Å². The van der Waals surface area contributed by atoms with Crippen molar-refractivity contribution in [3.8, 4) is 0 Å². The number of rotatable bonds is 2. The normalized spacial score (nSPS) is 41.8. The lowest BCUT2D eigenvalue weighted by molar-refractivity contribution is -0.192. The summed E-state index contributed by atoms with van der Waals surface area (Å²) in [5.41, 5.74) is 5.87. The van der Waals surface area contributed by atoms with E-state index in [0.29, 0.717) is 29.7 Å². The predicted octanol–water partition coefficient (Wildman–Crippen LogP) is 4.72. The highest BCUT2D eigenvalue weighted by Gasteiger charge is 2.68. The number of nitrogens with zero attached hydrogens (tertiary/aromatic N) is 1. The summed E-state index contributed by atoms with van der Waals surface area (Å²) in [5, 5.41) is 11.6. The van der Waals surface area contributed by atoms with Gasteiger partial charge >= 0.3 is 6.09 Å². The second-order valence-corrected chi connectivity index (χ2v) is 12.2. The fraction of sp³-hybridized carbons (Fsp3) is 0.621. The summed E-state index contributed by atoms with van der Waals surface area (Å²) in [5.74, 6) is -0.523. The minimum atomic E-state index is -0.736. The monoisotopic (exact) mass is 494 g/mol. The van der Waals surface area contributed by atoms with Gasteiger partial charge in [-0.3, -0.25) is 9.59 Å². The third-order valence-electron chi connectivity index (χ3n) is 10.8. The number of anilines is 1. The number of ketones is 1. The van der Waals surface area contributed by atoms with Crippen LogP contribution in [0.1, 0.15) is 75.7 Å². The number of aliphatic hydroxyl groups is 1. The third kappa shape index (κ3) is 3.17. The summed E-state index contributed by atoms with van der Waals surface area (Å²) in [6.45, 7) is 12.4. The molecule has 8 atom stereocenters. The molecule has 3 saturated carbocycles. The Kier molecular flexibility index (Phi) is 5.67. The maximum Gasteiger partial charge on any atom is 0.417 e. The molecule has 3 aliphatic carbocycles. The van der Waals surface area contributed by atoms with Crippen molar-refractivity contribution in [2.24, 2.45) is 34.0 Å². The molecule has 194 valence electrons. The molecule has 5 rings (SSSR count). The summed E-state index contributed by atoms with van der Waals surface area (Å²) in [4.78, 5) is 41.3. The summed E-state index contributed by atoms with van der Waals surface area (Å²) < 4.78 is 6.26. The third-order valence-corrected chi connectivity index (χ3v) is 10.8. The van der Waals surface area contributed by atoms with Gasteiger partial charge in [0.1, 0.15) is 11.9 Å². The van der Waals surface area contributed by atoms with Crippen molar-refractivity contribution in [2.75, 3.05) is 5.73 Å². The van der Waals surface area contributed by atoms with Gasteiger partial charge in [-0.1, -0.05) is 39.8 Å². The zero-order valence-corrected chi connectivity index (χ0v) is 21.8. The Balaban J connectivity index is 1.56. The fourth-order valence-electron chi connectivity index (χ4n) is 8.19. The van der Waals surface area contributed by atoms with Crippen LogP contribution < -0.4 is 5.73 Å². The SMILES string of the molecule is C=C[C@]1(C)C[C@@H](OC(=O)N2Cc3c(N)cccc3C2=O)[C@]2(C)[C@H](C)CC[C@]3(CCC(=O)[C@H]32)[C@@H](C)[C@@H]1O. The number of aliphatic hydroxyl groups excluding tert-OH is 1. The number of amides is 2. The summed E-state index contributed by atoms with van der Waals surface area (Å²) >= 11 is 0. The molecule has 2 amide bonds. The number of carbonyl (C=O) groups is 3. The van der Waals surface area contributed by atoms with Gasteiger partial charge in [0.25, 0.3) is 5.91 Å². The van der Waals surface area contributed by atoms with Gasteiger partial charge in [0, 0.05) is 40.0 Å². The average Bonchev–Trinajstić information content (AvgIpc) is 3.38. The molecule has 7 nitrogen and oxygen atoms in total. The van der Waals surface area contributed by atoms with E-state index in [9.17, 15) is 19.5 Å². The minimum Gasteiger partial charge on any atom is -0.445 e. The van der Waals surface area contributed by atoms with E-state index in [-0.39, 0.29) is 35.5 Å². The Morgan fingerprint density at radius 3 is 2.64 bits per heavy atom. The standard InChI is InChI=1S/C29H38N2O5/c1-6-27(4)14-22(36-26(35)31-15-19-18(25(31)34)8-7-9-20(19)30)28(5)16(2)10-12-29(17(3)24(27)33)13-11-21(32)23(28)29/h6-9,16-17,22-24,33H,1,10-15,30H2,2-5H3/t16-,17+,22-,23+,24+,27-,28+,29+/m1/s1. The Morgan fingerprint density at radius 1 is 1.25 bits per heavy atom. The maximum atomic E-state index is 13.6. The summed E-state index contributed by atoms with van der Waals surface area (Å²) in [6.07, 6.45) is 2.93. The highest BCUT2D eigenvalue weighted by atomic mass is 16.6. The van der Waals surface area contributed by atoms with Crippen LogP contribution in [-0.2, 0) is 16.1 Å². The zero-order chi connectivity index (χ0) is 26.2. The van der Waals surface area contributed by atoms with Crippen molar-refractivity contribution in [3.63, 3.8) is 0 Å². The number of imide groups is 1.